The Morgan fingerprint density at radius 3 is 2.64 bits per heavy atom. The minimum Gasteiger partial charge on any atom is -0.479 e. The first kappa shape index (κ1) is 11.0. The Hall–Kier alpha value is -1.10. The molecule has 1 heterocycles. The van der Waals surface area contributed by atoms with Gasteiger partial charge < -0.3 is 14.6 Å². The van der Waals surface area contributed by atoms with Crippen LogP contribution in [0.15, 0.2) is 0 Å². The van der Waals surface area contributed by atoms with E-state index in [0.717, 1.165) is 6.42 Å². The van der Waals surface area contributed by atoms with E-state index in [4.69, 9.17) is 14.6 Å². The zero-order valence-electron chi connectivity index (χ0n) is 8.12. The van der Waals surface area contributed by atoms with Crippen LogP contribution in [0.2, 0.25) is 0 Å². The summed E-state index contributed by atoms with van der Waals surface area (Å²) in [5, 5.41) is 8.96. The van der Waals surface area contributed by atoms with Crippen molar-refractivity contribution in [3.8, 4) is 0 Å². The van der Waals surface area contributed by atoms with Gasteiger partial charge in [0.1, 0.15) is 0 Å². The molecule has 0 spiro atoms. The van der Waals surface area contributed by atoms with Crippen LogP contribution in [0.5, 0.6) is 0 Å². The van der Waals surface area contributed by atoms with Gasteiger partial charge in [0, 0.05) is 6.61 Å². The van der Waals surface area contributed by atoms with E-state index in [9.17, 15) is 9.59 Å². The molecule has 0 amide bonds. The molecule has 1 aliphatic heterocycles. The third kappa shape index (κ3) is 1.87. The number of hydrogen-bond acceptors (Lipinski definition) is 4. The van der Waals surface area contributed by atoms with Gasteiger partial charge in [0.15, 0.2) is 0 Å². The molecule has 1 N–H and O–H groups in total. The van der Waals surface area contributed by atoms with Crippen LogP contribution in [0.3, 0.4) is 0 Å². The van der Waals surface area contributed by atoms with Crippen LogP contribution in [0.25, 0.3) is 0 Å². The molecule has 0 bridgehead atoms. The summed E-state index contributed by atoms with van der Waals surface area (Å²) in [6.07, 6.45) is 1.65. The highest BCUT2D eigenvalue weighted by atomic mass is 16.6. The quantitative estimate of drug-likeness (QED) is 0.535. The Kier molecular flexibility index (Phi) is 3.46. The van der Waals surface area contributed by atoms with E-state index in [0.29, 0.717) is 13.0 Å². The zero-order chi connectivity index (χ0) is 10.6. The van der Waals surface area contributed by atoms with Gasteiger partial charge in [-0.3, -0.25) is 0 Å². The SMILES string of the molecule is CCOC(=O)C1(C(=O)O)CCCCO1. The second-order valence-corrected chi connectivity index (χ2v) is 3.16. The Morgan fingerprint density at radius 2 is 2.21 bits per heavy atom. The predicted octanol–water partition coefficient (Wildman–Crippen LogP) is 0.573. The van der Waals surface area contributed by atoms with Gasteiger partial charge in [0.05, 0.1) is 6.61 Å². The van der Waals surface area contributed by atoms with Crippen molar-refractivity contribution in [3.05, 3.63) is 0 Å². The van der Waals surface area contributed by atoms with Crippen molar-refractivity contribution in [1.29, 1.82) is 0 Å². The minimum atomic E-state index is -1.76. The first-order valence-corrected chi connectivity index (χ1v) is 4.68. The van der Waals surface area contributed by atoms with Crippen LogP contribution >= 0.6 is 0 Å². The fraction of sp³-hybridized carbons (Fsp3) is 0.778. The van der Waals surface area contributed by atoms with Crippen molar-refractivity contribution in [3.63, 3.8) is 0 Å². The third-order valence-electron chi connectivity index (χ3n) is 2.22. The molecular weight excluding hydrogens is 188 g/mol. The maximum absolute atomic E-state index is 11.4. The molecule has 14 heavy (non-hydrogen) atoms. The summed E-state index contributed by atoms with van der Waals surface area (Å²) < 4.78 is 9.77. The van der Waals surface area contributed by atoms with Crippen LogP contribution < -0.4 is 0 Å². The van der Waals surface area contributed by atoms with E-state index in [1.54, 1.807) is 6.92 Å². The molecule has 1 rings (SSSR count). The van der Waals surface area contributed by atoms with Crippen molar-refractivity contribution in [1.82, 2.24) is 0 Å². The number of aliphatic carboxylic acids is 1. The summed E-state index contributed by atoms with van der Waals surface area (Å²) in [7, 11) is 0. The number of rotatable bonds is 3. The summed E-state index contributed by atoms with van der Waals surface area (Å²) >= 11 is 0. The summed E-state index contributed by atoms with van der Waals surface area (Å²) in [6.45, 7) is 2.10. The van der Waals surface area contributed by atoms with Crippen molar-refractivity contribution in [2.75, 3.05) is 13.2 Å². The van der Waals surface area contributed by atoms with Gasteiger partial charge in [-0.1, -0.05) is 0 Å². The maximum Gasteiger partial charge on any atom is 0.350 e. The third-order valence-corrected chi connectivity index (χ3v) is 2.22. The monoisotopic (exact) mass is 202 g/mol. The van der Waals surface area contributed by atoms with E-state index in [1.807, 2.05) is 0 Å². The summed E-state index contributed by atoms with van der Waals surface area (Å²) in [5.41, 5.74) is -1.76. The first-order chi connectivity index (χ1) is 6.63. The average molecular weight is 202 g/mol. The van der Waals surface area contributed by atoms with Crippen molar-refractivity contribution >= 4 is 11.9 Å². The maximum atomic E-state index is 11.4. The van der Waals surface area contributed by atoms with Crippen molar-refractivity contribution in [2.45, 2.75) is 31.8 Å². The molecule has 1 aliphatic rings. The average Bonchev–Trinajstić information content (AvgIpc) is 2.19. The molecule has 5 heteroatoms. The summed E-state index contributed by atoms with van der Waals surface area (Å²) in [5.74, 6) is -2.04. The van der Waals surface area contributed by atoms with E-state index in [-0.39, 0.29) is 13.0 Å². The highest BCUT2D eigenvalue weighted by Crippen LogP contribution is 2.26. The molecule has 1 saturated heterocycles. The molecule has 0 aromatic heterocycles. The molecule has 5 nitrogen and oxygen atoms in total. The molecule has 1 atom stereocenters. The lowest BCUT2D eigenvalue weighted by atomic mass is 9.94. The minimum absolute atomic E-state index is 0.164. The number of carboxylic acids is 1. The summed E-state index contributed by atoms with van der Waals surface area (Å²) in [6, 6.07) is 0. The summed E-state index contributed by atoms with van der Waals surface area (Å²) in [4.78, 5) is 22.4. The second-order valence-electron chi connectivity index (χ2n) is 3.16. The molecule has 0 aromatic rings. The van der Waals surface area contributed by atoms with Crippen LogP contribution in [0.1, 0.15) is 26.2 Å². The smallest absolute Gasteiger partial charge is 0.350 e. The van der Waals surface area contributed by atoms with Gasteiger partial charge in [0.25, 0.3) is 5.60 Å². The van der Waals surface area contributed by atoms with Crippen LogP contribution in [-0.4, -0.2) is 35.9 Å². The number of esters is 1. The van der Waals surface area contributed by atoms with Gasteiger partial charge in [-0.2, -0.15) is 0 Å². The number of carbonyl (C=O) groups is 2. The predicted molar refractivity (Wildman–Crippen MR) is 46.8 cm³/mol. The van der Waals surface area contributed by atoms with Crippen LogP contribution in [-0.2, 0) is 19.1 Å². The van der Waals surface area contributed by atoms with E-state index >= 15 is 0 Å². The highest BCUT2D eigenvalue weighted by Gasteiger charge is 2.50. The standard InChI is InChI=1S/C9H14O5/c1-2-13-8(12)9(7(10)11)5-3-4-6-14-9/h2-6H2,1H3,(H,10,11). The van der Waals surface area contributed by atoms with E-state index < -0.39 is 17.5 Å². The lowest BCUT2D eigenvalue weighted by Gasteiger charge is -2.30. The van der Waals surface area contributed by atoms with Crippen LogP contribution in [0, 0.1) is 0 Å². The zero-order valence-corrected chi connectivity index (χ0v) is 8.12. The Morgan fingerprint density at radius 1 is 1.50 bits per heavy atom. The lowest BCUT2D eigenvalue weighted by molar-refractivity contribution is -0.192. The van der Waals surface area contributed by atoms with Gasteiger partial charge in [-0.05, 0) is 26.2 Å². The molecule has 0 aliphatic carbocycles. The lowest BCUT2D eigenvalue weighted by Crippen LogP contribution is -2.52. The molecule has 80 valence electrons. The molecule has 1 fully saturated rings. The molecular formula is C9H14O5. The fourth-order valence-corrected chi connectivity index (χ4v) is 1.46. The van der Waals surface area contributed by atoms with Gasteiger partial charge in [0.2, 0.25) is 0 Å². The molecule has 0 radical (unpaired) electrons. The number of carbonyl (C=O) groups excluding carboxylic acids is 1. The number of ether oxygens (including phenoxy) is 2. The van der Waals surface area contributed by atoms with E-state index in [1.165, 1.54) is 0 Å². The Labute approximate surface area is 82.0 Å². The topological polar surface area (TPSA) is 72.8 Å². The fourth-order valence-electron chi connectivity index (χ4n) is 1.46. The molecule has 0 aromatic carbocycles. The number of hydrogen-bond donors (Lipinski definition) is 1. The first-order valence-electron chi connectivity index (χ1n) is 4.68. The van der Waals surface area contributed by atoms with Crippen LogP contribution in [0.4, 0.5) is 0 Å². The van der Waals surface area contributed by atoms with Gasteiger partial charge in [-0.25, -0.2) is 9.59 Å². The highest BCUT2D eigenvalue weighted by molar-refractivity contribution is 6.02. The largest absolute Gasteiger partial charge is 0.479 e. The number of carboxylic acid groups (broad SMARTS) is 1. The Balaban J connectivity index is 2.80. The Bertz CT molecular complexity index is 229. The second kappa shape index (κ2) is 4.41. The van der Waals surface area contributed by atoms with Crippen molar-refractivity contribution in [2.24, 2.45) is 0 Å². The normalized spacial score (nSPS) is 26.9. The van der Waals surface area contributed by atoms with E-state index in [2.05, 4.69) is 0 Å². The molecule has 0 saturated carbocycles. The van der Waals surface area contributed by atoms with Gasteiger partial charge >= 0.3 is 11.9 Å². The molecule has 1 unspecified atom stereocenters. The van der Waals surface area contributed by atoms with Crippen molar-refractivity contribution < 1.29 is 24.2 Å². The van der Waals surface area contributed by atoms with Gasteiger partial charge in [-0.15, -0.1) is 0 Å².